The van der Waals surface area contributed by atoms with E-state index in [0.29, 0.717) is 18.7 Å². The van der Waals surface area contributed by atoms with E-state index in [0.717, 1.165) is 19.5 Å². The molecule has 2 atom stereocenters. The minimum atomic E-state index is 0.321. The standard InChI is InChI=1S/C12H20N2O/c1-10-4-5-12(13-7-10)14-6-2-3-11(8-14)9-15/h4-5,7,11-13,15H,2-3,6,8-9H2,1H3/t11-,12?/m1/s1. The summed E-state index contributed by atoms with van der Waals surface area (Å²) in [5.74, 6) is 0.459. The van der Waals surface area contributed by atoms with Crippen molar-refractivity contribution in [3.8, 4) is 0 Å². The highest BCUT2D eigenvalue weighted by molar-refractivity contribution is 5.21. The van der Waals surface area contributed by atoms with Crippen LogP contribution in [0.25, 0.3) is 0 Å². The van der Waals surface area contributed by atoms with E-state index >= 15 is 0 Å². The molecule has 2 aliphatic rings. The molecule has 1 unspecified atom stereocenters. The van der Waals surface area contributed by atoms with Gasteiger partial charge in [-0.05, 0) is 37.3 Å². The van der Waals surface area contributed by atoms with Gasteiger partial charge in [-0.2, -0.15) is 0 Å². The van der Waals surface area contributed by atoms with Gasteiger partial charge in [-0.1, -0.05) is 6.08 Å². The first-order valence-electron chi connectivity index (χ1n) is 5.75. The number of nitrogens with one attached hydrogen (secondary N) is 1. The molecule has 0 spiro atoms. The van der Waals surface area contributed by atoms with E-state index in [4.69, 9.17) is 0 Å². The smallest absolute Gasteiger partial charge is 0.0985 e. The summed E-state index contributed by atoms with van der Waals surface area (Å²) in [6.07, 6.45) is 9.10. The Balaban J connectivity index is 1.91. The van der Waals surface area contributed by atoms with Crippen LogP contribution in [0.5, 0.6) is 0 Å². The fourth-order valence-corrected chi connectivity index (χ4v) is 2.29. The summed E-state index contributed by atoms with van der Waals surface area (Å²) >= 11 is 0. The van der Waals surface area contributed by atoms with Gasteiger partial charge >= 0.3 is 0 Å². The molecule has 0 amide bonds. The van der Waals surface area contributed by atoms with Crippen molar-refractivity contribution in [1.82, 2.24) is 10.2 Å². The van der Waals surface area contributed by atoms with Crippen molar-refractivity contribution in [2.45, 2.75) is 25.9 Å². The maximum Gasteiger partial charge on any atom is 0.0985 e. The van der Waals surface area contributed by atoms with Gasteiger partial charge < -0.3 is 10.4 Å². The van der Waals surface area contributed by atoms with Crippen molar-refractivity contribution < 1.29 is 5.11 Å². The van der Waals surface area contributed by atoms with Crippen LogP contribution in [0, 0.1) is 5.92 Å². The molecule has 2 N–H and O–H groups in total. The van der Waals surface area contributed by atoms with Crippen molar-refractivity contribution in [3.63, 3.8) is 0 Å². The molecule has 0 radical (unpaired) electrons. The lowest BCUT2D eigenvalue weighted by atomic mass is 9.98. The van der Waals surface area contributed by atoms with Crippen molar-refractivity contribution in [2.75, 3.05) is 19.7 Å². The molecule has 0 saturated carbocycles. The number of allylic oxidation sites excluding steroid dienone is 2. The monoisotopic (exact) mass is 208 g/mol. The third kappa shape index (κ3) is 2.61. The van der Waals surface area contributed by atoms with Crippen LogP contribution in [0.3, 0.4) is 0 Å². The predicted octanol–water partition coefficient (Wildman–Crippen LogP) is 1.08. The van der Waals surface area contributed by atoms with Crippen molar-refractivity contribution in [2.24, 2.45) is 5.92 Å². The molecule has 0 aliphatic carbocycles. The lowest BCUT2D eigenvalue weighted by Gasteiger charge is -2.37. The number of rotatable bonds is 2. The molecular formula is C12H20N2O. The molecule has 0 bridgehead atoms. The summed E-state index contributed by atoms with van der Waals surface area (Å²) in [6, 6.07) is 0. The van der Waals surface area contributed by atoms with Gasteiger partial charge in [-0.25, -0.2) is 0 Å². The highest BCUT2D eigenvalue weighted by Crippen LogP contribution is 2.19. The van der Waals surface area contributed by atoms with Crippen LogP contribution in [0.4, 0.5) is 0 Å². The quantitative estimate of drug-likeness (QED) is 0.713. The first-order valence-corrected chi connectivity index (χ1v) is 5.75. The Morgan fingerprint density at radius 3 is 3.13 bits per heavy atom. The van der Waals surface area contributed by atoms with Crippen LogP contribution in [0.15, 0.2) is 23.9 Å². The van der Waals surface area contributed by atoms with Crippen LogP contribution in [0.1, 0.15) is 19.8 Å². The van der Waals surface area contributed by atoms with E-state index in [1.165, 1.54) is 12.0 Å². The Morgan fingerprint density at radius 2 is 2.47 bits per heavy atom. The number of hydrogen-bond donors (Lipinski definition) is 2. The molecule has 1 fully saturated rings. The first-order chi connectivity index (χ1) is 7.29. The molecule has 2 aliphatic heterocycles. The average molecular weight is 208 g/mol. The maximum atomic E-state index is 9.17. The average Bonchev–Trinajstić information content (AvgIpc) is 2.30. The predicted molar refractivity (Wildman–Crippen MR) is 61.2 cm³/mol. The van der Waals surface area contributed by atoms with Crippen LogP contribution in [-0.2, 0) is 0 Å². The van der Waals surface area contributed by atoms with Crippen LogP contribution >= 0.6 is 0 Å². The van der Waals surface area contributed by atoms with Crippen molar-refractivity contribution in [3.05, 3.63) is 23.9 Å². The Hall–Kier alpha value is -0.800. The molecular weight excluding hydrogens is 188 g/mol. The summed E-state index contributed by atoms with van der Waals surface area (Å²) in [7, 11) is 0. The molecule has 3 nitrogen and oxygen atoms in total. The van der Waals surface area contributed by atoms with E-state index < -0.39 is 0 Å². The molecule has 84 valence electrons. The second-order valence-electron chi connectivity index (χ2n) is 4.54. The lowest BCUT2D eigenvalue weighted by Crippen LogP contribution is -2.48. The summed E-state index contributed by atoms with van der Waals surface area (Å²) in [5.41, 5.74) is 1.27. The largest absolute Gasteiger partial charge is 0.396 e. The maximum absolute atomic E-state index is 9.17. The molecule has 0 aromatic carbocycles. The Morgan fingerprint density at radius 1 is 1.60 bits per heavy atom. The van der Waals surface area contributed by atoms with Crippen molar-refractivity contribution >= 4 is 0 Å². The highest BCUT2D eigenvalue weighted by Gasteiger charge is 2.24. The second-order valence-corrected chi connectivity index (χ2v) is 4.54. The molecule has 1 saturated heterocycles. The number of piperidine rings is 1. The van der Waals surface area contributed by atoms with E-state index in [1.54, 1.807) is 0 Å². The zero-order valence-electron chi connectivity index (χ0n) is 9.32. The summed E-state index contributed by atoms with van der Waals surface area (Å²) < 4.78 is 0. The topological polar surface area (TPSA) is 35.5 Å². The molecule has 2 heterocycles. The molecule has 0 aromatic rings. The zero-order chi connectivity index (χ0) is 10.7. The van der Waals surface area contributed by atoms with E-state index in [2.05, 4.69) is 35.5 Å². The third-order valence-corrected chi connectivity index (χ3v) is 3.23. The van der Waals surface area contributed by atoms with Gasteiger partial charge in [0.2, 0.25) is 0 Å². The van der Waals surface area contributed by atoms with Crippen molar-refractivity contribution in [1.29, 1.82) is 0 Å². The van der Waals surface area contributed by atoms with Gasteiger partial charge in [0.15, 0.2) is 0 Å². The van der Waals surface area contributed by atoms with E-state index in [9.17, 15) is 5.11 Å². The third-order valence-electron chi connectivity index (χ3n) is 3.23. The van der Waals surface area contributed by atoms with E-state index in [1.807, 2.05) is 0 Å². The first kappa shape index (κ1) is 10.7. The van der Waals surface area contributed by atoms with Gasteiger partial charge in [-0.15, -0.1) is 0 Å². The summed E-state index contributed by atoms with van der Waals surface area (Å²) in [6.45, 7) is 4.55. The van der Waals surface area contributed by atoms with Gasteiger partial charge in [0.05, 0.1) is 6.17 Å². The zero-order valence-corrected chi connectivity index (χ0v) is 9.32. The van der Waals surface area contributed by atoms with Gasteiger partial charge in [-0.3, -0.25) is 4.90 Å². The van der Waals surface area contributed by atoms with Crippen LogP contribution in [0.2, 0.25) is 0 Å². The number of aliphatic hydroxyl groups excluding tert-OH is 1. The molecule has 3 heteroatoms. The fraction of sp³-hybridized carbons (Fsp3) is 0.667. The minimum absolute atomic E-state index is 0.321. The Kier molecular flexibility index (Phi) is 3.44. The Labute approximate surface area is 91.5 Å². The normalized spacial score (nSPS) is 32.3. The molecule has 0 aromatic heterocycles. The van der Waals surface area contributed by atoms with Crippen LogP contribution < -0.4 is 5.32 Å². The van der Waals surface area contributed by atoms with Gasteiger partial charge in [0.1, 0.15) is 0 Å². The summed E-state index contributed by atoms with van der Waals surface area (Å²) in [5, 5.41) is 12.6. The van der Waals surface area contributed by atoms with Gasteiger partial charge in [0.25, 0.3) is 0 Å². The number of nitrogens with zero attached hydrogens (tertiary/aromatic N) is 1. The fourth-order valence-electron chi connectivity index (χ4n) is 2.29. The Bertz CT molecular complexity index is 273. The second kappa shape index (κ2) is 4.81. The number of likely N-dealkylation sites (tertiary alicyclic amines) is 1. The number of aliphatic hydroxyl groups is 1. The van der Waals surface area contributed by atoms with Gasteiger partial charge in [0, 0.05) is 25.9 Å². The molecule has 15 heavy (non-hydrogen) atoms. The minimum Gasteiger partial charge on any atom is -0.396 e. The SMILES string of the molecule is CC1=CNC(N2CCC[C@@H](CO)C2)C=C1. The lowest BCUT2D eigenvalue weighted by molar-refractivity contribution is 0.0955. The molecule has 2 rings (SSSR count). The number of hydrogen-bond acceptors (Lipinski definition) is 3. The van der Waals surface area contributed by atoms with E-state index in [-0.39, 0.29) is 0 Å². The summed E-state index contributed by atoms with van der Waals surface area (Å²) in [4.78, 5) is 2.41. The highest BCUT2D eigenvalue weighted by atomic mass is 16.3. The van der Waals surface area contributed by atoms with Crippen LogP contribution in [-0.4, -0.2) is 35.9 Å². The number of dihydropyridines is 1.